The molecule has 1 aliphatic rings. The van der Waals surface area contributed by atoms with Crippen LogP contribution in [0.1, 0.15) is 23.6 Å². The van der Waals surface area contributed by atoms with Crippen LogP contribution in [0.4, 0.5) is 0 Å². The first-order valence-corrected chi connectivity index (χ1v) is 7.25. The van der Waals surface area contributed by atoms with Crippen LogP contribution in [0.3, 0.4) is 0 Å². The molecule has 1 fully saturated rings. The lowest BCUT2D eigenvalue weighted by Crippen LogP contribution is -2.51. The number of morpholine rings is 1. The van der Waals surface area contributed by atoms with Gasteiger partial charge in [-0.25, -0.2) is 0 Å². The minimum atomic E-state index is 0.0786. The van der Waals surface area contributed by atoms with Crippen molar-refractivity contribution in [3.63, 3.8) is 0 Å². The van der Waals surface area contributed by atoms with Crippen molar-refractivity contribution < 1.29 is 4.74 Å². The van der Waals surface area contributed by atoms with Crippen molar-refractivity contribution in [2.75, 3.05) is 26.2 Å². The van der Waals surface area contributed by atoms with Crippen LogP contribution in [0.5, 0.6) is 0 Å². The van der Waals surface area contributed by atoms with Crippen molar-refractivity contribution >= 4 is 0 Å². The van der Waals surface area contributed by atoms with Crippen LogP contribution < -0.4 is 5.73 Å². The van der Waals surface area contributed by atoms with E-state index in [0.29, 0.717) is 0 Å². The monoisotopic (exact) mass is 262 g/mol. The Morgan fingerprint density at radius 1 is 1.42 bits per heavy atom. The number of hydrogen-bond acceptors (Lipinski definition) is 3. The Morgan fingerprint density at radius 3 is 2.95 bits per heavy atom. The molecule has 0 amide bonds. The van der Waals surface area contributed by atoms with Gasteiger partial charge in [0, 0.05) is 19.1 Å². The van der Waals surface area contributed by atoms with Gasteiger partial charge in [-0.05, 0) is 37.9 Å². The molecule has 2 N–H and O–H groups in total. The summed E-state index contributed by atoms with van der Waals surface area (Å²) < 4.78 is 5.85. The smallest absolute Gasteiger partial charge is 0.0856 e. The third-order valence-electron chi connectivity index (χ3n) is 4.06. The highest BCUT2D eigenvalue weighted by Crippen LogP contribution is 2.16. The number of nitrogens with two attached hydrogens (primary N) is 1. The molecular formula is C16H26N2O. The zero-order valence-electron chi connectivity index (χ0n) is 12.4. The summed E-state index contributed by atoms with van der Waals surface area (Å²) in [7, 11) is 0. The molecule has 1 aromatic rings. The number of likely N-dealkylation sites (N-methyl/N-ethyl adjacent to an activating group) is 1. The SMILES string of the molecule is CCN1CCOC(C(N)Cc2cc(C)ccc2C)C1. The molecule has 3 nitrogen and oxygen atoms in total. The highest BCUT2D eigenvalue weighted by Gasteiger charge is 2.25. The minimum Gasteiger partial charge on any atom is -0.374 e. The van der Waals surface area contributed by atoms with Gasteiger partial charge in [0.15, 0.2) is 0 Å². The van der Waals surface area contributed by atoms with Gasteiger partial charge in [-0.1, -0.05) is 30.7 Å². The Kier molecular flexibility index (Phi) is 4.97. The predicted octanol–water partition coefficient (Wildman–Crippen LogP) is 1.89. The molecule has 1 aromatic carbocycles. The third kappa shape index (κ3) is 3.78. The van der Waals surface area contributed by atoms with Gasteiger partial charge in [-0.3, -0.25) is 4.90 Å². The quantitative estimate of drug-likeness (QED) is 0.900. The van der Waals surface area contributed by atoms with Gasteiger partial charge < -0.3 is 10.5 Å². The Labute approximate surface area is 116 Å². The van der Waals surface area contributed by atoms with Gasteiger partial charge in [0.05, 0.1) is 12.7 Å². The molecule has 1 saturated heterocycles. The molecule has 3 heteroatoms. The van der Waals surface area contributed by atoms with E-state index in [0.717, 1.165) is 32.7 Å². The maximum atomic E-state index is 6.36. The topological polar surface area (TPSA) is 38.5 Å². The second kappa shape index (κ2) is 6.51. The highest BCUT2D eigenvalue weighted by molar-refractivity contribution is 5.31. The third-order valence-corrected chi connectivity index (χ3v) is 4.06. The molecule has 0 bridgehead atoms. The molecule has 19 heavy (non-hydrogen) atoms. The van der Waals surface area contributed by atoms with Gasteiger partial charge in [0.2, 0.25) is 0 Å². The van der Waals surface area contributed by atoms with Crippen LogP contribution in [0.25, 0.3) is 0 Å². The molecule has 0 aliphatic carbocycles. The summed E-state index contributed by atoms with van der Waals surface area (Å²) in [6.07, 6.45) is 1.06. The average molecular weight is 262 g/mol. The van der Waals surface area contributed by atoms with E-state index in [1.165, 1.54) is 16.7 Å². The van der Waals surface area contributed by atoms with E-state index in [9.17, 15) is 0 Å². The normalized spacial score (nSPS) is 22.4. The van der Waals surface area contributed by atoms with Crippen LogP contribution in [0.15, 0.2) is 18.2 Å². The first-order valence-electron chi connectivity index (χ1n) is 7.25. The maximum Gasteiger partial charge on any atom is 0.0856 e. The van der Waals surface area contributed by atoms with Gasteiger partial charge in [-0.2, -0.15) is 0 Å². The average Bonchev–Trinajstić information content (AvgIpc) is 2.43. The standard InChI is InChI=1S/C16H26N2O/c1-4-18-7-8-19-16(11-18)15(17)10-14-9-12(2)5-6-13(14)3/h5-6,9,15-16H,4,7-8,10-11,17H2,1-3H3. The van der Waals surface area contributed by atoms with E-state index in [1.54, 1.807) is 0 Å². The Balaban J connectivity index is 2.00. The number of rotatable bonds is 4. The van der Waals surface area contributed by atoms with Crippen molar-refractivity contribution in [1.29, 1.82) is 0 Å². The molecule has 0 spiro atoms. The number of nitrogens with zero attached hydrogens (tertiary/aromatic N) is 1. The summed E-state index contributed by atoms with van der Waals surface area (Å²) in [6.45, 7) is 10.4. The highest BCUT2D eigenvalue weighted by atomic mass is 16.5. The van der Waals surface area contributed by atoms with Crippen molar-refractivity contribution in [3.8, 4) is 0 Å². The van der Waals surface area contributed by atoms with Gasteiger partial charge in [0.25, 0.3) is 0 Å². The van der Waals surface area contributed by atoms with Crippen LogP contribution in [0.2, 0.25) is 0 Å². The molecule has 1 heterocycles. The van der Waals surface area contributed by atoms with Crippen LogP contribution in [0, 0.1) is 13.8 Å². The molecule has 0 saturated carbocycles. The van der Waals surface area contributed by atoms with Gasteiger partial charge >= 0.3 is 0 Å². The Bertz CT molecular complexity index is 419. The van der Waals surface area contributed by atoms with Crippen molar-refractivity contribution in [3.05, 3.63) is 34.9 Å². The number of ether oxygens (including phenoxy) is 1. The second-order valence-corrected chi connectivity index (χ2v) is 5.60. The first kappa shape index (κ1) is 14.5. The molecule has 2 atom stereocenters. The Hall–Kier alpha value is -0.900. The molecule has 0 radical (unpaired) electrons. The number of hydrogen-bond donors (Lipinski definition) is 1. The molecule has 0 aromatic heterocycles. The van der Waals surface area contributed by atoms with Crippen molar-refractivity contribution in [2.45, 2.75) is 39.3 Å². The number of aryl methyl sites for hydroxylation is 2. The zero-order chi connectivity index (χ0) is 13.8. The summed E-state index contributed by atoms with van der Waals surface area (Å²) in [5.41, 5.74) is 10.3. The maximum absolute atomic E-state index is 6.36. The lowest BCUT2D eigenvalue weighted by Gasteiger charge is -2.35. The molecule has 2 rings (SSSR count). The van der Waals surface area contributed by atoms with E-state index in [4.69, 9.17) is 10.5 Å². The largest absolute Gasteiger partial charge is 0.374 e. The van der Waals surface area contributed by atoms with E-state index in [2.05, 4.69) is 43.9 Å². The molecule has 106 valence electrons. The van der Waals surface area contributed by atoms with Crippen LogP contribution in [-0.2, 0) is 11.2 Å². The fourth-order valence-electron chi connectivity index (χ4n) is 2.68. The lowest BCUT2D eigenvalue weighted by molar-refractivity contribution is -0.0385. The predicted molar refractivity (Wildman–Crippen MR) is 79.4 cm³/mol. The lowest BCUT2D eigenvalue weighted by atomic mass is 9.96. The van der Waals surface area contributed by atoms with E-state index in [-0.39, 0.29) is 12.1 Å². The van der Waals surface area contributed by atoms with Crippen LogP contribution >= 0.6 is 0 Å². The second-order valence-electron chi connectivity index (χ2n) is 5.60. The first-order chi connectivity index (χ1) is 9.10. The van der Waals surface area contributed by atoms with Crippen molar-refractivity contribution in [1.82, 2.24) is 4.90 Å². The fourth-order valence-corrected chi connectivity index (χ4v) is 2.68. The molecular weight excluding hydrogens is 236 g/mol. The summed E-state index contributed by atoms with van der Waals surface area (Å²) >= 11 is 0. The van der Waals surface area contributed by atoms with Crippen molar-refractivity contribution in [2.24, 2.45) is 5.73 Å². The molecule has 1 aliphatic heterocycles. The summed E-state index contributed by atoms with van der Waals surface area (Å²) in [5, 5.41) is 0. The summed E-state index contributed by atoms with van der Waals surface area (Å²) in [5.74, 6) is 0. The zero-order valence-corrected chi connectivity index (χ0v) is 12.4. The van der Waals surface area contributed by atoms with E-state index in [1.807, 2.05) is 0 Å². The summed E-state index contributed by atoms with van der Waals surface area (Å²) in [4.78, 5) is 2.41. The fraction of sp³-hybridized carbons (Fsp3) is 0.625. The minimum absolute atomic E-state index is 0.0786. The number of benzene rings is 1. The Morgan fingerprint density at radius 2 is 2.21 bits per heavy atom. The summed E-state index contributed by atoms with van der Waals surface area (Å²) in [6, 6.07) is 6.66. The van der Waals surface area contributed by atoms with E-state index >= 15 is 0 Å². The molecule has 2 unspecified atom stereocenters. The van der Waals surface area contributed by atoms with E-state index < -0.39 is 0 Å². The van der Waals surface area contributed by atoms with Crippen LogP contribution in [-0.4, -0.2) is 43.3 Å². The van der Waals surface area contributed by atoms with Gasteiger partial charge in [0.1, 0.15) is 0 Å². The van der Waals surface area contributed by atoms with Gasteiger partial charge in [-0.15, -0.1) is 0 Å².